The second-order valence-electron chi connectivity index (χ2n) is 11.4. The van der Waals surface area contributed by atoms with E-state index in [9.17, 15) is 32.2 Å². The zero-order chi connectivity index (χ0) is 31.9. The molecule has 0 saturated carbocycles. The van der Waals surface area contributed by atoms with Crippen LogP contribution in [-0.2, 0) is 19.1 Å². The van der Waals surface area contributed by atoms with Crippen molar-refractivity contribution in [2.24, 2.45) is 0 Å². The summed E-state index contributed by atoms with van der Waals surface area (Å²) in [6, 6.07) is 18.8. The lowest BCUT2D eigenvalue weighted by Gasteiger charge is -2.47. The van der Waals surface area contributed by atoms with Gasteiger partial charge in [-0.3, -0.25) is 18.2 Å². The maximum Gasteiger partial charge on any atom is 0.416 e. The molecule has 4 rings (SSSR count). The van der Waals surface area contributed by atoms with Crippen molar-refractivity contribution in [1.82, 2.24) is 10.6 Å². The first-order valence-corrected chi connectivity index (χ1v) is 16.3. The van der Waals surface area contributed by atoms with Gasteiger partial charge in [-0.25, -0.2) is 0 Å². The quantitative estimate of drug-likeness (QED) is 0.139. The summed E-state index contributed by atoms with van der Waals surface area (Å²) in [5.74, 6) is -0.195. The number of nitrogens with zero attached hydrogens (tertiary/aromatic N) is 1. The van der Waals surface area contributed by atoms with Crippen LogP contribution in [0, 0.1) is 0 Å². The maximum absolute atomic E-state index is 13.7. The number of rotatable bonds is 12. The van der Waals surface area contributed by atoms with Crippen molar-refractivity contribution in [3.05, 3.63) is 95.1 Å². The van der Waals surface area contributed by atoms with Crippen molar-refractivity contribution < 1.29 is 32.2 Å². The van der Waals surface area contributed by atoms with Crippen molar-refractivity contribution in [1.29, 1.82) is 0 Å². The van der Waals surface area contributed by atoms with Crippen molar-refractivity contribution in [2.45, 2.75) is 64.0 Å². The molecule has 0 radical (unpaired) electrons. The number of carbonyl (C=O) groups is 1. The number of aliphatic hydroxyl groups is 1. The van der Waals surface area contributed by atoms with Gasteiger partial charge in [0, 0.05) is 36.9 Å². The van der Waals surface area contributed by atoms with Gasteiger partial charge < -0.3 is 21.1 Å². The molecule has 12 heteroatoms. The molecule has 2 atom stereocenters. The van der Waals surface area contributed by atoms with E-state index in [-0.39, 0.29) is 30.4 Å². The first-order valence-electron chi connectivity index (χ1n) is 14.7. The highest BCUT2D eigenvalue weighted by atomic mass is 32.3. The zero-order valence-electron chi connectivity index (χ0n) is 24.8. The molecule has 1 aliphatic heterocycles. The van der Waals surface area contributed by atoms with Crippen molar-refractivity contribution in [3.8, 4) is 0 Å². The van der Waals surface area contributed by atoms with E-state index in [0.717, 1.165) is 24.1 Å². The third-order valence-electron chi connectivity index (χ3n) is 7.32. The number of amides is 1. The van der Waals surface area contributed by atoms with Crippen LogP contribution in [0.2, 0.25) is 0 Å². The van der Waals surface area contributed by atoms with Crippen LogP contribution in [0.3, 0.4) is 0 Å². The molecule has 6 N–H and O–H groups in total. The van der Waals surface area contributed by atoms with Gasteiger partial charge in [0.1, 0.15) is 0 Å². The number of benzene rings is 3. The molecule has 44 heavy (non-hydrogen) atoms. The van der Waals surface area contributed by atoms with Crippen LogP contribution in [0.4, 0.5) is 24.5 Å². The first-order chi connectivity index (χ1) is 20.8. The number of alkyl halides is 3. The molecular weight excluding hydrogens is 593 g/mol. The first kappa shape index (κ1) is 33.6. The van der Waals surface area contributed by atoms with Gasteiger partial charge in [-0.2, -0.15) is 13.2 Å². The van der Waals surface area contributed by atoms with E-state index < -0.39 is 40.6 Å². The van der Waals surface area contributed by atoms with Gasteiger partial charge in [0.05, 0.1) is 29.1 Å². The molecule has 1 saturated heterocycles. The average Bonchev–Trinajstić information content (AvgIpc) is 2.96. The Morgan fingerprint density at radius 3 is 2.39 bits per heavy atom. The highest BCUT2D eigenvalue weighted by Gasteiger charge is 2.31. The summed E-state index contributed by atoms with van der Waals surface area (Å²) >= 11 is 0. The fraction of sp³-hybridized carbons (Fsp3) is 0.406. The lowest BCUT2D eigenvalue weighted by molar-refractivity contribution is -0.137. The highest BCUT2D eigenvalue weighted by molar-refractivity contribution is 8.25. The number of hydrogen-bond acceptors (Lipinski definition) is 7. The SMILES string of the molecule is CC(C)Nc1cc(C(=O)N[C@@H](Cc2ccccc2)[C@@H](O)CNCc2cccc(C(F)(F)F)c2)cc(N2CCCCS2(O)O)c1. The average molecular weight is 635 g/mol. The largest absolute Gasteiger partial charge is 0.416 e. The molecule has 0 spiro atoms. The van der Waals surface area contributed by atoms with Crippen LogP contribution >= 0.6 is 10.8 Å². The Balaban J connectivity index is 1.53. The molecule has 0 unspecified atom stereocenters. The Hall–Kier alpha value is -3.29. The fourth-order valence-electron chi connectivity index (χ4n) is 5.18. The van der Waals surface area contributed by atoms with Crippen LogP contribution in [0.1, 0.15) is 53.7 Å². The van der Waals surface area contributed by atoms with Gasteiger partial charge in [0.25, 0.3) is 5.91 Å². The zero-order valence-corrected chi connectivity index (χ0v) is 25.7. The Morgan fingerprint density at radius 1 is 0.977 bits per heavy atom. The number of aliphatic hydroxyl groups excluding tert-OH is 1. The number of hydrogen-bond donors (Lipinski definition) is 6. The summed E-state index contributed by atoms with van der Waals surface area (Å²) < 4.78 is 62.4. The van der Waals surface area contributed by atoms with Gasteiger partial charge >= 0.3 is 6.18 Å². The van der Waals surface area contributed by atoms with Gasteiger partial charge in [-0.15, -0.1) is 10.8 Å². The van der Waals surface area contributed by atoms with Gasteiger partial charge in [0.15, 0.2) is 0 Å². The number of nitrogens with one attached hydrogen (secondary N) is 3. The topological polar surface area (TPSA) is 117 Å². The van der Waals surface area contributed by atoms with Crippen LogP contribution in [-0.4, -0.2) is 57.1 Å². The molecule has 1 amide bonds. The van der Waals surface area contributed by atoms with E-state index in [1.165, 1.54) is 6.07 Å². The van der Waals surface area contributed by atoms with E-state index in [2.05, 4.69) is 16.0 Å². The summed E-state index contributed by atoms with van der Waals surface area (Å²) in [4.78, 5) is 13.7. The Bertz CT molecular complexity index is 1390. The summed E-state index contributed by atoms with van der Waals surface area (Å²) in [5, 5.41) is 20.4. The molecule has 240 valence electrons. The minimum absolute atomic E-state index is 0.0168. The summed E-state index contributed by atoms with van der Waals surface area (Å²) in [7, 11) is -3.02. The Kier molecular flexibility index (Phi) is 11.2. The summed E-state index contributed by atoms with van der Waals surface area (Å²) in [6.07, 6.45) is -3.72. The van der Waals surface area contributed by atoms with Gasteiger partial charge in [-0.05, 0) is 68.5 Å². The Morgan fingerprint density at radius 2 is 1.70 bits per heavy atom. The molecule has 0 bridgehead atoms. The maximum atomic E-state index is 13.7. The van der Waals surface area contributed by atoms with Crippen molar-refractivity contribution in [2.75, 3.05) is 28.5 Å². The Labute approximate surface area is 258 Å². The minimum atomic E-state index is -4.45. The minimum Gasteiger partial charge on any atom is -0.390 e. The van der Waals surface area contributed by atoms with Gasteiger partial charge in [0.2, 0.25) is 0 Å². The van der Waals surface area contributed by atoms with Crippen LogP contribution in [0.15, 0.2) is 72.8 Å². The summed E-state index contributed by atoms with van der Waals surface area (Å²) in [5.41, 5.74) is 2.00. The lowest BCUT2D eigenvalue weighted by Crippen LogP contribution is -2.48. The van der Waals surface area contributed by atoms with E-state index in [0.29, 0.717) is 36.3 Å². The summed E-state index contributed by atoms with van der Waals surface area (Å²) in [6.45, 7) is 4.48. The molecule has 1 aliphatic rings. The van der Waals surface area contributed by atoms with Crippen molar-refractivity contribution in [3.63, 3.8) is 0 Å². The predicted octanol–water partition coefficient (Wildman–Crippen LogP) is 6.28. The van der Waals surface area contributed by atoms with Crippen LogP contribution in [0.5, 0.6) is 0 Å². The predicted molar refractivity (Wildman–Crippen MR) is 170 cm³/mol. The molecule has 1 heterocycles. The van der Waals surface area contributed by atoms with E-state index in [4.69, 9.17) is 0 Å². The van der Waals surface area contributed by atoms with Gasteiger partial charge in [-0.1, -0.05) is 48.5 Å². The monoisotopic (exact) mass is 634 g/mol. The highest BCUT2D eigenvalue weighted by Crippen LogP contribution is 2.50. The molecule has 3 aromatic carbocycles. The molecule has 8 nitrogen and oxygen atoms in total. The normalized spacial score (nSPS) is 17.2. The van der Waals surface area contributed by atoms with Crippen LogP contribution in [0.25, 0.3) is 0 Å². The fourth-order valence-corrected chi connectivity index (χ4v) is 6.85. The third-order valence-corrected chi connectivity index (χ3v) is 9.26. The number of anilines is 2. The standard InChI is InChI=1S/C32H41F3N4O4S/c1-22(2)37-27-17-25(18-28(19-27)39-13-6-7-14-44(39,42)43)31(41)38-29(16-23-9-4-3-5-10-23)30(40)21-36-20-24-11-8-12-26(15-24)32(33,34)35/h3-5,8-12,15,17-19,22,29-30,36-37,40,42-43H,6-7,13-14,16,20-21H2,1-2H3,(H,38,41)/t29-,30-/m0/s1. The number of halogens is 3. The van der Waals surface area contributed by atoms with Crippen molar-refractivity contribution >= 4 is 28.1 Å². The molecule has 0 aromatic heterocycles. The second-order valence-corrected chi connectivity index (χ2v) is 13.5. The van der Waals surface area contributed by atoms with Crippen LogP contribution < -0.4 is 20.3 Å². The van der Waals surface area contributed by atoms with E-state index >= 15 is 0 Å². The third kappa shape index (κ3) is 9.35. The van der Waals surface area contributed by atoms with E-state index in [1.807, 2.05) is 44.2 Å². The molecular formula is C32H41F3N4O4S. The lowest BCUT2D eigenvalue weighted by atomic mass is 10.00. The smallest absolute Gasteiger partial charge is 0.390 e. The molecule has 0 aliphatic carbocycles. The van der Waals surface area contributed by atoms with E-state index in [1.54, 1.807) is 28.6 Å². The molecule has 3 aromatic rings. The molecule has 1 fully saturated rings. The second kappa shape index (κ2) is 14.7. The number of carbonyl (C=O) groups excluding carboxylic acids is 1.